The van der Waals surface area contributed by atoms with Gasteiger partial charge in [0.25, 0.3) is 0 Å². The standard InChI is InChI=1S/C10H11Br2Cl2N/c11-4-6-15(7-5-12)9-3-1-2-8(13)10(9)14/h1-3H,4-7H2. The molecule has 0 bridgehead atoms. The molecule has 0 N–H and O–H groups in total. The third kappa shape index (κ3) is 3.81. The number of halogens is 4. The van der Waals surface area contributed by atoms with Gasteiger partial charge in [0.1, 0.15) is 0 Å². The Labute approximate surface area is 117 Å². The summed E-state index contributed by atoms with van der Waals surface area (Å²) in [5.41, 5.74) is 0.989. The van der Waals surface area contributed by atoms with Crippen LogP contribution in [0, 0.1) is 0 Å². The van der Waals surface area contributed by atoms with Gasteiger partial charge in [-0.2, -0.15) is 0 Å². The molecule has 0 aromatic heterocycles. The van der Waals surface area contributed by atoms with Gasteiger partial charge in [0.2, 0.25) is 0 Å². The first-order valence-corrected chi connectivity index (χ1v) is 7.51. The minimum absolute atomic E-state index is 0.600. The summed E-state index contributed by atoms with van der Waals surface area (Å²) in [6.45, 7) is 1.82. The van der Waals surface area contributed by atoms with Gasteiger partial charge in [-0.15, -0.1) is 0 Å². The molecule has 1 nitrogen and oxygen atoms in total. The second-order valence-corrected chi connectivity index (χ2v) is 5.31. The van der Waals surface area contributed by atoms with Crippen molar-refractivity contribution in [2.75, 3.05) is 28.6 Å². The van der Waals surface area contributed by atoms with Gasteiger partial charge >= 0.3 is 0 Å². The molecule has 1 aromatic carbocycles. The van der Waals surface area contributed by atoms with Gasteiger partial charge in [-0.05, 0) is 12.1 Å². The smallest absolute Gasteiger partial charge is 0.0825 e. The largest absolute Gasteiger partial charge is 0.369 e. The van der Waals surface area contributed by atoms with Crippen molar-refractivity contribution in [2.45, 2.75) is 0 Å². The van der Waals surface area contributed by atoms with E-state index in [1.165, 1.54) is 0 Å². The van der Waals surface area contributed by atoms with Gasteiger partial charge in [0.05, 0.1) is 15.7 Å². The van der Waals surface area contributed by atoms with Gasteiger partial charge in [-0.3, -0.25) is 0 Å². The van der Waals surface area contributed by atoms with Gasteiger partial charge in [-0.1, -0.05) is 61.1 Å². The Morgan fingerprint density at radius 3 is 2.20 bits per heavy atom. The van der Waals surface area contributed by atoms with Crippen LogP contribution in [0.25, 0.3) is 0 Å². The van der Waals surface area contributed by atoms with E-state index in [4.69, 9.17) is 23.2 Å². The van der Waals surface area contributed by atoms with E-state index in [0.717, 1.165) is 29.4 Å². The lowest BCUT2D eigenvalue weighted by Gasteiger charge is -2.24. The fraction of sp³-hybridized carbons (Fsp3) is 0.400. The number of rotatable bonds is 5. The quantitative estimate of drug-likeness (QED) is 0.680. The Bertz CT molecular complexity index is 314. The second-order valence-electron chi connectivity index (χ2n) is 2.94. The van der Waals surface area contributed by atoms with E-state index in [2.05, 4.69) is 36.8 Å². The second kappa shape index (κ2) is 7.00. The number of nitrogens with zero attached hydrogens (tertiary/aromatic N) is 1. The number of hydrogen-bond donors (Lipinski definition) is 0. The molecule has 0 fully saturated rings. The predicted octanol–water partition coefficient (Wildman–Crippen LogP) is 4.59. The number of alkyl halides is 2. The molecule has 0 amide bonds. The molecule has 0 unspecified atom stereocenters. The van der Waals surface area contributed by atoms with Crippen LogP contribution in [-0.2, 0) is 0 Å². The summed E-state index contributed by atoms with van der Waals surface area (Å²) in [7, 11) is 0. The Hall–Kier alpha value is 0.560. The predicted molar refractivity (Wildman–Crippen MR) is 76.3 cm³/mol. The van der Waals surface area contributed by atoms with Crippen LogP contribution in [0.4, 0.5) is 5.69 Å². The summed E-state index contributed by atoms with van der Waals surface area (Å²) in [5, 5.41) is 3.04. The third-order valence-corrected chi connectivity index (χ3v) is 3.50. The molecule has 0 heterocycles. The van der Waals surface area contributed by atoms with Crippen molar-refractivity contribution in [1.82, 2.24) is 0 Å². The molecule has 1 aromatic rings. The summed E-state index contributed by atoms with van der Waals surface area (Å²) in [5.74, 6) is 0. The minimum Gasteiger partial charge on any atom is -0.369 e. The minimum atomic E-state index is 0.600. The van der Waals surface area contributed by atoms with E-state index in [1.54, 1.807) is 6.07 Å². The highest BCUT2D eigenvalue weighted by molar-refractivity contribution is 9.09. The van der Waals surface area contributed by atoms with Gasteiger partial charge in [0, 0.05) is 23.7 Å². The van der Waals surface area contributed by atoms with Crippen molar-refractivity contribution < 1.29 is 0 Å². The topological polar surface area (TPSA) is 3.24 Å². The molecule has 0 aliphatic carbocycles. The fourth-order valence-electron chi connectivity index (χ4n) is 1.29. The molecule has 0 aliphatic rings. The van der Waals surface area contributed by atoms with Crippen molar-refractivity contribution >= 4 is 60.7 Å². The zero-order valence-electron chi connectivity index (χ0n) is 8.02. The lowest BCUT2D eigenvalue weighted by atomic mass is 10.3. The van der Waals surface area contributed by atoms with Crippen LogP contribution >= 0.6 is 55.1 Å². The van der Waals surface area contributed by atoms with E-state index in [9.17, 15) is 0 Å². The monoisotopic (exact) mass is 373 g/mol. The summed E-state index contributed by atoms with van der Waals surface area (Å²) in [4.78, 5) is 2.19. The molecule has 5 heteroatoms. The van der Waals surface area contributed by atoms with Crippen LogP contribution in [0.3, 0.4) is 0 Å². The van der Waals surface area contributed by atoms with Gasteiger partial charge in [-0.25, -0.2) is 0 Å². The van der Waals surface area contributed by atoms with E-state index in [-0.39, 0.29) is 0 Å². The molecule has 0 atom stereocenters. The van der Waals surface area contributed by atoms with E-state index in [1.807, 2.05) is 12.1 Å². The Morgan fingerprint density at radius 2 is 1.67 bits per heavy atom. The molecule has 0 aliphatic heterocycles. The van der Waals surface area contributed by atoms with Crippen molar-refractivity contribution in [3.05, 3.63) is 28.2 Å². The fourth-order valence-corrected chi connectivity index (χ4v) is 2.56. The van der Waals surface area contributed by atoms with Crippen molar-refractivity contribution in [1.29, 1.82) is 0 Å². The normalized spacial score (nSPS) is 10.4. The average molecular weight is 376 g/mol. The maximum absolute atomic E-state index is 6.16. The van der Waals surface area contributed by atoms with Crippen molar-refractivity contribution in [3.8, 4) is 0 Å². The van der Waals surface area contributed by atoms with Crippen LogP contribution in [0.15, 0.2) is 18.2 Å². The Kier molecular flexibility index (Phi) is 6.36. The summed E-state index contributed by atoms with van der Waals surface area (Å²) >= 11 is 19.0. The summed E-state index contributed by atoms with van der Waals surface area (Å²) in [6.07, 6.45) is 0. The van der Waals surface area contributed by atoms with E-state index >= 15 is 0 Å². The molecule has 0 saturated carbocycles. The maximum atomic E-state index is 6.16. The molecule has 0 spiro atoms. The highest BCUT2D eigenvalue weighted by Gasteiger charge is 2.11. The molecule has 84 valence electrons. The molecule has 1 rings (SSSR count). The van der Waals surface area contributed by atoms with Crippen LogP contribution in [0.1, 0.15) is 0 Å². The molecule has 0 radical (unpaired) electrons. The van der Waals surface area contributed by atoms with Crippen LogP contribution < -0.4 is 4.90 Å². The molecular formula is C10H11Br2Cl2N. The van der Waals surface area contributed by atoms with Crippen molar-refractivity contribution in [3.63, 3.8) is 0 Å². The van der Waals surface area contributed by atoms with E-state index < -0.39 is 0 Å². The van der Waals surface area contributed by atoms with Gasteiger partial charge in [0.15, 0.2) is 0 Å². The maximum Gasteiger partial charge on any atom is 0.0825 e. The van der Waals surface area contributed by atoms with Crippen LogP contribution in [-0.4, -0.2) is 23.7 Å². The Balaban J connectivity index is 2.94. The number of benzene rings is 1. The zero-order chi connectivity index (χ0) is 11.3. The van der Waals surface area contributed by atoms with Crippen LogP contribution in [0.2, 0.25) is 10.0 Å². The third-order valence-electron chi connectivity index (χ3n) is 1.98. The first-order valence-electron chi connectivity index (χ1n) is 4.51. The van der Waals surface area contributed by atoms with E-state index in [0.29, 0.717) is 10.0 Å². The summed E-state index contributed by atoms with van der Waals surface area (Å²) in [6, 6.07) is 5.70. The first-order chi connectivity index (χ1) is 7.20. The SMILES string of the molecule is Clc1cccc(N(CCBr)CCBr)c1Cl. The zero-order valence-corrected chi connectivity index (χ0v) is 12.7. The molecule has 0 saturated heterocycles. The highest BCUT2D eigenvalue weighted by Crippen LogP contribution is 2.32. The highest BCUT2D eigenvalue weighted by atomic mass is 79.9. The van der Waals surface area contributed by atoms with Crippen LogP contribution in [0.5, 0.6) is 0 Å². The summed E-state index contributed by atoms with van der Waals surface area (Å²) < 4.78 is 0. The molecular weight excluding hydrogens is 365 g/mol. The lowest BCUT2D eigenvalue weighted by Crippen LogP contribution is -2.27. The lowest BCUT2D eigenvalue weighted by molar-refractivity contribution is 0.885. The first kappa shape index (κ1) is 13.6. The number of hydrogen-bond acceptors (Lipinski definition) is 1. The van der Waals surface area contributed by atoms with Gasteiger partial charge < -0.3 is 4.90 Å². The Morgan fingerprint density at radius 1 is 1.07 bits per heavy atom. The number of anilines is 1. The van der Waals surface area contributed by atoms with Crippen molar-refractivity contribution in [2.24, 2.45) is 0 Å². The average Bonchev–Trinajstić information content (AvgIpc) is 2.22. The molecule has 15 heavy (non-hydrogen) atoms.